The number of fused-ring (bicyclic) bond motifs is 8. The maximum absolute atomic E-state index is 10.2. The van der Waals surface area contributed by atoms with Gasteiger partial charge in [-0.3, -0.25) is 4.79 Å². The van der Waals surface area contributed by atoms with E-state index in [0.717, 1.165) is 50.4 Å². The SMILES string of the molecule is C1=Cc2cc3ccc(cc4nc(cc5ccc(cc1n2)[nH]5)C=C4)[nH]3.O=C(O)Cc1ccccc1. The molecule has 8 bridgehead atoms. The van der Waals surface area contributed by atoms with Gasteiger partial charge in [-0.2, -0.15) is 0 Å². The highest BCUT2D eigenvalue weighted by molar-refractivity contribution is 5.77. The Balaban J connectivity index is 0.000000204. The molecule has 6 rings (SSSR count). The standard InChI is InChI=1S/C20H14N4.C8H8O2/c1-2-14-10-16-5-6-18(23-16)12-20-8-7-19(24-20)11-17-4-3-15(22-17)9-13(1)21-14;9-8(10)6-7-4-2-1-3-5-7/h1-12,21,24H;1-5H,6H2,(H,9,10). The van der Waals surface area contributed by atoms with E-state index in [2.05, 4.69) is 44.2 Å². The van der Waals surface area contributed by atoms with Crippen LogP contribution in [0.5, 0.6) is 0 Å². The molecule has 0 saturated carbocycles. The second-order valence-corrected chi connectivity index (χ2v) is 7.96. The molecule has 6 nitrogen and oxygen atoms in total. The zero-order valence-electron chi connectivity index (χ0n) is 18.3. The third-order valence-corrected chi connectivity index (χ3v) is 5.24. The van der Waals surface area contributed by atoms with Crippen LogP contribution in [0.2, 0.25) is 0 Å². The Bertz CT molecular complexity index is 1380. The molecule has 2 aliphatic rings. The Morgan fingerprint density at radius 1 is 0.618 bits per heavy atom. The Kier molecular flexibility index (Phi) is 5.86. The van der Waals surface area contributed by atoms with Gasteiger partial charge in [0.05, 0.1) is 29.2 Å². The van der Waals surface area contributed by atoms with Crippen molar-refractivity contribution in [2.24, 2.45) is 0 Å². The third-order valence-electron chi connectivity index (χ3n) is 5.24. The number of aromatic nitrogens is 4. The van der Waals surface area contributed by atoms with E-state index in [4.69, 9.17) is 5.11 Å². The number of H-pyrrole nitrogens is 2. The summed E-state index contributed by atoms with van der Waals surface area (Å²) in [6.07, 6.45) is 8.20. The summed E-state index contributed by atoms with van der Waals surface area (Å²) in [4.78, 5) is 26.2. The monoisotopic (exact) mass is 446 g/mol. The molecule has 6 heteroatoms. The van der Waals surface area contributed by atoms with E-state index in [1.54, 1.807) is 12.1 Å². The Labute approximate surface area is 196 Å². The molecule has 1 aromatic carbocycles. The largest absolute Gasteiger partial charge is 0.481 e. The average molecular weight is 447 g/mol. The number of nitrogens with one attached hydrogen (secondary N) is 2. The van der Waals surface area contributed by atoms with Gasteiger partial charge in [0.2, 0.25) is 0 Å². The number of nitrogens with zero attached hydrogens (tertiary/aromatic N) is 2. The molecular formula is C28H22N4O2. The summed E-state index contributed by atoms with van der Waals surface area (Å²) in [7, 11) is 0. The van der Waals surface area contributed by atoms with E-state index in [1.165, 1.54) is 0 Å². The lowest BCUT2D eigenvalue weighted by Crippen LogP contribution is -1.98. The van der Waals surface area contributed by atoms with Crippen LogP contribution in [0, 0.1) is 0 Å². The van der Waals surface area contributed by atoms with E-state index < -0.39 is 5.97 Å². The predicted molar refractivity (Wildman–Crippen MR) is 137 cm³/mol. The van der Waals surface area contributed by atoms with Gasteiger partial charge in [-0.1, -0.05) is 30.3 Å². The minimum absolute atomic E-state index is 0.112. The first kappa shape index (κ1) is 21.2. The summed E-state index contributed by atoms with van der Waals surface area (Å²) in [5.74, 6) is -0.786. The van der Waals surface area contributed by atoms with Crippen LogP contribution in [-0.4, -0.2) is 31.0 Å². The molecule has 4 aromatic rings. The molecule has 0 amide bonds. The van der Waals surface area contributed by atoms with E-state index >= 15 is 0 Å². The van der Waals surface area contributed by atoms with Gasteiger partial charge >= 0.3 is 5.97 Å². The zero-order chi connectivity index (χ0) is 23.3. The molecule has 0 radical (unpaired) electrons. The molecular weight excluding hydrogens is 424 g/mol. The van der Waals surface area contributed by atoms with Gasteiger partial charge in [-0.25, -0.2) is 9.97 Å². The van der Waals surface area contributed by atoms with E-state index in [0.29, 0.717) is 0 Å². The van der Waals surface area contributed by atoms with E-state index in [-0.39, 0.29) is 6.42 Å². The van der Waals surface area contributed by atoms with Crippen molar-refractivity contribution >= 4 is 52.3 Å². The van der Waals surface area contributed by atoms with Gasteiger partial charge in [-0.05, 0) is 78.4 Å². The Morgan fingerprint density at radius 2 is 1.00 bits per heavy atom. The predicted octanol–water partition coefficient (Wildman–Crippen LogP) is 5.97. The van der Waals surface area contributed by atoms with Crippen LogP contribution in [0.3, 0.4) is 0 Å². The van der Waals surface area contributed by atoms with Crippen LogP contribution >= 0.6 is 0 Å². The number of carboxylic acids is 1. The van der Waals surface area contributed by atoms with Crippen molar-refractivity contribution < 1.29 is 9.90 Å². The van der Waals surface area contributed by atoms with Crippen LogP contribution in [0.1, 0.15) is 28.3 Å². The second kappa shape index (κ2) is 9.42. The average Bonchev–Trinajstić information content (AvgIpc) is 3.61. The topological polar surface area (TPSA) is 94.7 Å². The highest BCUT2D eigenvalue weighted by Gasteiger charge is 2.01. The molecule has 2 aliphatic heterocycles. The quantitative estimate of drug-likeness (QED) is 0.305. The molecule has 34 heavy (non-hydrogen) atoms. The zero-order valence-corrected chi connectivity index (χ0v) is 18.3. The summed E-state index contributed by atoms with van der Waals surface area (Å²) < 4.78 is 0. The lowest BCUT2D eigenvalue weighted by molar-refractivity contribution is -0.136. The molecule has 5 heterocycles. The summed E-state index contributed by atoms with van der Waals surface area (Å²) in [6, 6.07) is 25.5. The second-order valence-electron chi connectivity index (χ2n) is 7.96. The number of rotatable bonds is 2. The van der Waals surface area contributed by atoms with Crippen molar-refractivity contribution in [1.29, 1.82) is 0 Å². The van der Waals surface area contributed by atoms with Crippen LogP contribution in [-0.2, 0) is 11.2 Å². The smallest absolute Gasteiger partial charge is 0.307 e. The van der Waals surface area contributed by atoms with Crippen LogP contribution in [0.4, 0.5) is 0 Å². The summed E-state index contributed by atoms with van der Waals surface area (Å²) in [5.41, 5.74) is 8.70. The van der Waals surface area contributed by atoms with Crippen molar-refractivity contribution in [1.82, 2.24) is 19.9 Å². The Morgan fingerprint density at radius 3 is 1.35 bits per heavy atom. The fourth-order valence-electron chi connectivity index (χ4n) is 3.71. The first-order valence-electron chi connectivity index (χ1n) is 10.9. The first-order chi connectivity index (χ1) is 16.6. The Hall–Kier alpha value is -4.71. The number of aromatic amines is 2. The molecule has 0 aliphatic carbocycles. The first-order valence-corrected chi connectivity index (χ1v) is 10.9. The number of carbonyl (C=O) groups is 1. The number of hydrogen-bond acceptors (Lipinski definition) is 3. The minimum Gasteiger partial charge on any atom is -0.481 e. The number of benzene rings is 1. The van der Waals surface area contributed by atoms with Crippen LogP contribution < -0.4 is 0 Å². The molecule has 0 fully saturated rings. The molecule has 166 valence electrons. The summed E-state index contributed by atoms with van der Waals surface area (Å²) in [5, 5.41) is 8.37. The van der Waals surface area contributed by atoms with Gasteiger partial charge in [0.25, 0.3) is 0 Å². The molecule has 0 atom stereocenters. The molecule has 0 unspecified atom stereocenters. The molecule has 0 saturated heterocycles. The van der Waals surface area contributed by atoms with Crippen molar-refractivity contribution in [3.8, 4) is 0 Å². The van der Waals surface area contributed by atoms with Gasteiger partial charge in [0, 0.05) is 22.1 Å². The van der Waals surface area contributed by atoms with Crippen molar-refractivity contribution in [2.45, 2.75) is 6.42 Å². The van der Waals surface area contributed by atoms with Crippen molar-refractivity contribution in [2.75, 3.05) is 0 Å². The van der Waals surface area contributed by atoms with Gasteiger partial charge in [0.1, 0.15) is 0 Å². The maximum atomic E-state index is 10.2. The fourth-order valence-corrected chi connectivity index (χ4v) is 3.71. The maximum Gasteiger partial charge on any atom is 0.307 e. The lowest BCUT2D eigenvalue weighted by atomic mass is 10.2. The van der Waals surface area contributed by atoms with E-state index in [9.17, 15) is 4.79 Å². The molecule has 0 spiro atoms. The number of aliphatic carboxylic acids is 1. The third kappa shape index (κ3) is 5.37. The summed E-state index contributed by atoms with van der Waals surface area (Å²) >= 11 is 0. The summed E-state index contributed by atoms with van der Waals surface area (Å²) in [6.45, 7) is 0. The minimum atomic E-state index is -0.786. The fraction of sp³-hybridized carbons (Fsp3) is 0.0357. The van der Waals surface area contributed by atoms with Crippen molar-refractivity contribution in [3.63, 3.8) is 0 Å². The van der Waals surface area contributed by atoms with Crippen LogP contribution in [0.25, 0.3) is 46.4 Å². The normalized spacial score (nSPS) is 11.6. The number of hydrogen-bond donors (Lipinski definition) is 3. The molecule has 3 N–H and O–H groups in total. The van der Waals surface area contributed by atoms with Gasteiger partial charge < -0.3 is 15.1 Å². The highest BCUT2D eigenvalue weighted by Crippen LogP contribution is 2.17. The van der Waals surface area contributed by atoms with E-state index in [1.807, 2.05) is 66.8 Å². The van der Waals surface area contributed by atoms with Gasteiger partial charge in [-0.15, -0.1) is 0 Å². The lowest BCUT2D eigenvalue weighted by Gasteiger charge is -1.92. The van der Waals surface area contributed by atoms with Crippen molar-refractivity contribution in [3.05, 3.63) is 107 Å². The van der Waals surface area contributed by atoms with Gasteiger partial charge in [0.15, 0.2) is 0 Å². The van der Waals surface area contributed by atoms with Crippen LogP contribution in [0.15, 0.2) is 78.9 Å². The molecule has 3 aromatic heterocycles. The highest BCUT2D eigenvalue weighted by atomic mass is 16.4. The number of carboxylic acid groups (broad SMARTS) is 1.